The van der Waals surface area contributed by atoms with Gasteiger partial charge in [0.15, 0.2) is 0 Å². The Morgan fingerprint density at radius 3 is 2.57 bits per heavy atom. The van der Waals surface area contributed by atoms with Crippen LogP contribution in [0.1, 0.15) is 11.4 Å². The van der Waals surface area contributed by atoms with E-state index >= 15 is 0 Å². The van der Waals surface area contributed by atoms with Crippen molar-refractivity contribution >= 4 is 21.8 Å². The van der Waals surface area contributed by atoms with Gasteiger partial charge in [0.1, 0.15) is 11.4 Å². The lowest BCUT2D eigenvalue weighted by Crippen LogP contribution is -2.21. The first kappa shape index (κ1) is 15.2. The van der Waals surface area contributed by atoms with Crippen LogP contribution in [0.25, 0.3) is 0 Å². The second-order valence-electron chi connectivity index (χ2n) is 4.57. The van der Waals surface area contributed by atoms with Gasteiger partial charge in [0, 0.05) is 5.69 Å². The van der Waals surface area contributed by atoms with E-state index in [2.05, 4.69) is 10.4 Å². The van der Waals surface area contributed by atoms with Gasteiger partial charge in [0.05, 0.1) is 11.4 Å². The minimum Gasteiger partial charge on any atom is -0.323 e. The lowest BCUT2D eigenvalue weighted by molar-refractivity contribution is -0.116. The number of hydrogen-bond acceptors (Lipinski definition) is 4. The molecule has 0 radical (unpaired) electrons. The van der Waals surface area contributed by atoms with Crippen LogP contribution in [0.2, 0.25) is 0 Å². The molecule has 1 aromatic carbocycles. The van der Waals surface area contributed by atoms with Crippen LogP contribution in [0.15, 0.2) is 35.2 Å². The molecule has 2 aromatic rings. The average molecular weight is 311 g/mol. The topological polar surface area (TPSA) is 81.1 Å². The van der Waals surface area contributed by atoms with E-state index in [1.54, 1.807) is 13.8 Å². The molecule has 1 amide bonds. The molecule has 2 rings (SSSR count). The number of aryl methyl sites for hydroxylation is 2. The van der Waals surface area contributed by atoms with Crippen molar-refractivity contribution < 1.29 is 17.1 Å². The molecule has 0 unspecified atom stereocenters. The van der Waals surface area contributed by atoms with Crippen LogP contribution >= 0.6 is 0 Å². The average Bonchev–Trinajstić information content (AvgIpc) is 2.67. The summed E-state index contributed by atoms with van der Waals surface area (Å²) in [7, 11) is -4.89. The van der Waals surface area contributed by atoms with Crippen molar-refractivity contribution in [1.29, 1.82) is 0 Å². The van der Waals surface area contributed by atoms with Crippen LogP contribution in [0.5, 0.6) is 0 Å². The second-order valence-corrected chi connectivity index (χ2v) is 5.88. The Balaban J connectivity index is 2.19. The molecule has 8 heteroatoms. The van der Waals surface area contributed by atoms with Crippen molar-refractivity contribution in [3.8, 4) is 0 Å². The van der Waals surface area contributed by atoms with E-state index in [0.717, 1.165) is 17.5 Å². The molecule has 0 aliphatic rings. The number of aromatic nitrogens is 2. The Morgan fingerprint density at radius 1 is 1.33 bits per heavy atom. The van der Waals surface area contributed by atoms with Crippen molar-refractivity contribution in [2.24, 2.45) is 0 Å². The molecule has 1 aromatic heterocycles. The monoisotopic (exact) mass is 311 g/mol. The Labute approximate surface area is 121 Å². The Hall–Kier alpha value is -2.22. The molecule has 21 heavy (non-hydrogen) atoms. The van der Waals surface area contributed by atoms with E-state index in [1.807, 2.05) is 6.07 Å². The van der Waals surface area contributed by atoms with E-state index in [-0.39, 0.29) is 12.2 Å². The summed E-state index contributed by atoms with van der Waals surface area (Å²) < 4.78 is 36.6. The van der Waals surface area contributed by atoms with Gasteiger partial charge in [0.2, 0.25) is 5.91 Å². The number of halogens is 1. The number of carbonyl (C=O) groups excluding carboxylic acids is 1. The van der Waals surface area contributed by atoms with E-state index in [1.165, 1.54) is 22.9 Å². The first-order valence-corrected chi connectivity index (χ1v) is 7.50. The molecule has 1 heterocycles. The third-order valence-corrected chi connectivity index (χ3v) is 3.70. The largest absolute Gasteiger partial charge is 0.334 e. The number of nitrogens with one attached hydrogen (secondary N) is 1. The number of rotatable bonds is 4. The zero-order valence-electron chi connectivity index (χ0n) is 11.5. The summed E-state index contributed by atoms with van der Waals surface area (Å²) in [5, 5.41) is 6.51. The minimum atomic E-state index is -4.89. The highest BCUT2D eigenvalue weighted by Crippen LogP contribution is 2.22. The number of benzene rings is 1. The Morgan fingerprint density at radius 2 is 2.00 bits per heavy atom. The number of nitrogens with zero attached hydrogens (tertiary/aromatic N) is 2. The van der Waals surface area contributed by atoms with Gasteiger partial charge < -0.3 is 5.32 Å². The molecule has 6 nitrogen and oxygen atoms in total. The molecule has 1 N–H and O–H groups in total. The third-order valence-electron chi connectivity index (χ3n) is 2.82. The molecule has 0 saturated carbocycles. The molecule has 0 bridgehead atoms. The first-order chi connectivity index (χ1) is 9.77. The van der Waals surface area contributed by atoms with E-state index < -0.39 is 21.0 Å². The van der Waals surface area contributed by atoms with Crippen molar-refractivity contribution in [2.45, 2.75) is 25.3 Å². The molecule has 0 spiro atoms. The highest BCUT2D eigenvalue weighted by molar-refractivity contribution is 7.86. The summed E-state index contributed by atoms with van der Waals surface area (Å²) in [5.41, 5.74) is 1.48. The number of hydrogen-bond donors (Lipinski definition) is 1. The Bertz CT molecular complexity index is 784. The van der Waals surface area contributed by atoms with Gasteiger partial charge in [-0.1, -0.05) is 12.1 Å². The zero-order chi connectivity index (χ0) is 15.6. The predicted octanol–water partition coefficient (Wildman–Crippen LogP) is 1.80. The van der Waals surface area contributed by atoms with E-state index in [0.29, 0.717) is 0 Å². The molecule has 112 valence electrons. The second kappa shape index (κ2) is 5.65. The maximum Gasteiger partial charge on any atom is 0.334 e. The summed E-state index contributed by atoms with van der Waals surface area (Å²) in [6.45, 7) is 3.51. The van der Waals surface area contributed by atoms with Gasteiger partial charge in [-0.25, -0.2) is 0 Å². The summed E-state index contributed by atoms with van der Waals surface area (Å²) in [4.78, 5) is 11.4. The summed E-state index contributed by atoms with van der Waals surface area (Å²) >= 11 is 0. The van der Waals surface area contributed by atoms with Crippen LogP contribution in [0, 0.1) is 13.8 Å². The summed E-state index contributed by atoms with van der Waals surface area (Å²) in [5.74, 6) is -0.489. The van der Waals surface area contributed by atoms with Crippen LogP contribution in [0.4, 0.5) is 9.57 Å². The molecule has 0 aliphatic heterocycles. The van der Waals surface area contributed by atoms with E-state index in [9.17, 15) is 17.1 Å². The van der Waals surface area contributed by atoms with Gasteiger partial charge in [-0.05, 0) is 32.0 Å². The van der Waals surface area contributed by atoms with Crippen LogP contribution in [-0.2, 0) is 21.6 Å². The van der Waals surface area contributed by atoms with Crippen molar-refractivity contribution in [3.05, 3.63) is 41.7 Å². The molecular formula is C13H14FN3O3S. The van der Waals surface area contributed by atoms with Gasteiger partial charge in [-0.15, -0.1) is 3.89 Å². The molecule has 0 atom stereocenters. The summed E-state index contributed by atoms with van der Waals surface area (Å²) in [6, 6.07) is 7.11. The molecule has 0 fully saturated rings. The van der Waals surface area contributed by atoms with Crippen molar-refractivity contribution in [1.82, 2.24) is 9.78 Å². The van der Waals surface area contributed by atoms with Gasteiger partial charge in [0.25, 0.3) is 0 Å². The number of amides is 1. The van der Waals surface area contributed by atoms with Crippen LogP contribution in [-0.4, -0.2) is 24.1 Å². The fourth-order valence-corrected chi connectivity index (χ4v) is 2.57. The fourth-order valence-electron chi connectivity index (χ4n) is 1.94. The molecule has 0 aliphatic carbocycles. The summed E-state index contributed by atoms with van der Waals surface area (Å²) in [6.07, 6.45) is 0. The number of para-hydroxylation sites is 1. The minimum absolute atomic E-state index is 0.0830. The zero-order valence-corrected chi connectivity index (χ0v) is 12.3. The smallest absolute Gasteiger partial charge is 0.323 e. The SMILES string of the molecule is Cc1cc(C)n(CC(=O)Nc2ccccc2S(=O)(=O)F)n1. The number of anilines is 1. The lowest BCUT2D eigenvalue weighted by Gasteiger charge is -2.09. The molecular weight excluding hydrogens is 297 g/mol. The highest BCUT2D eigenvalue weighted by Gasteiger charge is 2.18. The predicted molar refractivity (Wildman–Crippen MR) is 75.1 cm³/mol. The van der Waals surface area contributed by atoms with Crippen LogP contribution in [0.3, 0.4) is 0 Å². The number of carbonyl (C=O) groups is 1. The van der Waals surface area contributed by atoms with Crippen molar-refractivity contribution in [2.75, 3.05) is 5.32 Å². The van der Waals surface area contributed by atoms with Gasteiger partial charge in [-0.2, -0.15) is 13.5 Å². The quantitative estimate of drug-likeness (QED) is 0.873. The maximum atomic E-state index is 13.1. The lowest BCUT2D eigenvalue weighted by atomic mass is 10.3. The van der Waals surface area contributed by atoms with Crippen molar-refractivity contribution in [3.63, 3.8) is 0 Å². The van der Waals surface area contributed by atoms with Crippen LogP contribution < -0.4 is 5.32 Å². The van der Waals surface area contributed by atoms with E-state index in [4.69, 9.17) is 0 Å². The third kappa shape index (κ3) is 3.66. The van der Waals surface area contributed by atoms with Gasteiger partial charge >= 0.3 is 10.2 Å². The maximum absolute atomic E-state index is 13.1. The fraction of sp³-hybridized carbons (Fsp3) is 0.231. The normalized spacial score (nSPS) is 11.4. The highest BCUT2D eigenvalue weighted by atomic mass is 32.3. The van der Waals surface area contributed by atoms with Gasteiger partial charge in [-0.3, -0.25) is 9.48 Å². The standard InChI is InChI=1S/C13H14FN3O3S/c1-9-7-10(2)17(16-9)8-13(18)15-11-5-3-4-6-12(11)21(14,19)20/h3-7H,8H2,1-2H3,(H,15,18). The first-order valence-electron chi connectivity index (χ1n) is 6.12. The Kier molecular flexibility index (Phi) is 4.08. The molecule has 0 saturated heterocycles.